The van der Waals surface area contributed by atoms with Gasteiger partial charge in [-0.15, -0.1) is 0 Å². The number of carbonyl (C=O) groups excluding carboxylic acids is 2. The molecule has 3 rings (SSSR count). The number of amides is 2. The molecule has 0 aliphatic carbocycles. The molecule has 0 fully saturated rings. The highest BCUT2D eigenvalue weighted by atomic mass is 16.5. The van der Waals surface area contributed by atoms with Crippen LogP contribution in [-0.2, 0) is 4.79 Å². The Hall–Kier alpha value is -3.02. The van der Waals surface area contributed by atoms with Crippen molar-refractivity contribution in [3.8, 4) is 11.5 Å². The van der Waals surface area contributed by atoms with E-state index in [1.165, 1.54) is 7.11 Å². The van der Waals surface area contributed by atoms with Crippen molar-refractivity contribution in [2.24, 2.45) is 5.41 Å². The second kappa shape index (κ2) is 7.92. The molecular weight excluding hydrogens is 356 g/mol. The Labute approximate surface area is 165 Å². The molecule has 2 amide bonds. The molecule has 0 unspecified atom stereocenters. The highest BCUT2D eigenvalue weighted by Gasteiger charge is 2.37. The standard InChI is InChI=1S/C22H26N2O4/c1-5-12-24-17-13-15(10-11-19(17)28-14-22(2,3)21(24)26)23-20(25)16-8-6-7-9-18(16)27-4/h6-11,13H,5,12,14H2,1-4H3,(H,23,25). The summed E-state index contributed by atoms with van der Waals surface area (Å²) in [7, 11) is 1.53. The van der Waals surface area contributed by atoms with Crippen LogP contribution < -0.4 is 19.7 Å². The minimum Gasteiger partial charge on any atom is -0.496 e. The molecule has 1 aliphatic heterocycles. The summed E-state index contributed by atoms with van der Waals surface area (Å²) in [5.74, 6) is 0.882. The molecule has 6 heteroatoms. The van der Waals surface area contributed by atoms with Crippen molar-refractivity contribution in [3.05, 3.63) is 48.0 Å². The van der Waals surface area contributed by atoms with Gasteiger partial charge in [-0.05, 0) is 50.6 Å². The number of hydrogen-bond acceptors (Lipinski definition) is 4. The molecule has 1 aliphatic rings. The third-order valence-electron chi connectivity index (χ3n) is 4.72. The first-order chi connectivity index (χ1) is 13.4. The zero-order valence-corrected chi connectivity index (χ0v) is 16.7. The molecule has 2 aromatic rings. The molecule has 28 heavy (non-hydrogen) atoms. The van der Waals surface area contributed by atoms with Crippen molar-refractivity contribution >= 4 is 23.2 Å². The fraction of sp³-hybridized carbons (Fsp3) is 0.364. The molecular formula is C22H26N2O4. The van der Waals surface area contributed by atoms with Crippen LogP contribution in [0.25, 0.3) is 0 Å². The maximum atomic E-state index is 13.0. The summed E-state index contributed by atoms with van der Waals surface area (Å²) >= 11 is 0. The van der Waals surface area contributed by atoms with Crippen LogP contribution in [0.4, 0.5) is 11.4 Å². The molecule has 0 aromatic heterocycles. The normalized spacial score (nSPS) is 15.3. The van der Waals surface area contributed by atoms with Gasteiger partial charge >= 0.3 is 0 Å². The topological polar surface area (TPSA) is 67.9 Å². The zero-order valence-electron chi connectivity index (χ0n) is 16.7. The predicted molar refractivity (Wildman–Crippen MR) is 109 cm³/mol. The molecule has 0 radical (unpaired) electrons. The quantitative estimate of drug-likeness (QED) is 0.845. The van der Waals surface area contributed by atoms with Crippen molar-refractivity contribution in [1.29, 1.82) is 0 Å². The third kappa shape index (κ3) is 3.81. The van der Waals surface area contributed by atoms with E-state index in [1.54, 1.807) is 41.3 Å². The molecule has 0 bridgehead atoms. The minimum absolute atomic E-state index is 0.0151. The number of anilines is 2. The van der Waals surface area contributed by atoms with E-state index in [-0.39, 0.29) is 11.8 Å². The number of hydrogen-bond donors (Lipinski definition) is 1. The van der Waals surface area contributed by atoms with Crippen LogP contribution in [-0.4, -0.2) is 32.1 Å². The smallest absolute Gasteiger partial charge is 0.259 e. The summed E-state index contributed by atoms with van der Waals surface area (Å²) in [6, 6.07) is 12.4. The second-order valence-electron chi connectivity index (χ2n) is 7.47. The van der Waals surface area contributed by atoms with Gasteiger partial charge in [0.15, 0.2) is 0 Å². The monoisotopic (exact) mass is 382 g/mol. The van der Waals surface area contributed by atoms with Crippen molar-refractivity contribution in [3.63, 3.8) is 0 Å². The Bertz CT molecular complexity index is 892. The summed E-state index contributed by atoms with van der Waals surface area (Å²) in [5.41, 5.74) is 1.09. The molecule has 2 aromatic carbocycles. The molecule has 0 spiro atoms. The van der Waals surface area contributed by atoms with E-state index < -0.39 is 5.41 Å². The lowest BCUT2D eigenvalue weighted by Gasteiger charge is -2.27. The zero-order chi connectivity index (χ0) is 20.3. The lowest BCUT2D eigenvalue weighted by atomic mass is 9.93. The number of nitrogens with one attached hydrogen (secondary N) is 1. The minimum atomic E-state index is -0.616. The Kier molecular flexibility index (Phi) is 5.58. The van der Waals surface area contributed by atoms with Gasteiger partial charge in [0.1, 0.15) is 18.1 Å². The van der Waals surface area contributed by atoms with Crippen LogP contribution in [0.5, 0.6) is 11.5 Å². The van der Waals surface area contributed by atoms with E-state index in [0.29, 0.717) is 41.6 Å². The number of nitrogens with zero attached hydrogens (tertiary/aromatic N) is 1. The second-order valence-corrected chi connectivity index (χ2v) is 7.47. The number of methoxy groups -OCH3 is 1. The third-order valence-corrected chi connectivity index (χ3v) is 4.72. The van der Waals surface area contributed by atoms with Gasteiger partial charge in [0, 0.05) is 12.2 Å². The average molecular weight is 382 g/mol. The Balaban J connectivity index is 1.93. The molecule has 148 valence electrons. The van der Waals surface area contributed by atoms with E-state index in [4.69, 9.17) is 9.47 Å². The van der Waals surface area contributed by atoms with Gasteiger partial charge < -0.3 is 19.7 Å². The Morgan fingerprint density at radius 2 is 2.00 bits per heavy atom. The first kappa shape index (κ1) is 19.7. The summed E-state index contributed by atoms with van der Waals surface area (Å²) in [6.07, 6.45) is 0.819. The number of para-hydroxylation sites is 1. The molecule has 1 heterocycles. The Morgan fingerprint density at radius 1 is 1.25 bits per heavy atom. The van der Waals surface area contributed by atoms with Crippen molar-refractivity contribution in [2.75, 3.05) is 30.5 Å². The number of carbonyl (C=O) groups is 2. The van der Waals surface area contributed by atoms with Gasteiger partial charge in [0.25, 0.3) is 5.91 Å². The van der Waals surface area contributed by atoms with Crippen LogP contribution in [0, 0.1) is 5.41 Å². The van der Waals surface area contributed by atoms with Crippen molar-refractivity contribution in [1.82, 2.24) is 0 Å². The van der Waals surface area contributed by atoms with Gasteiger partial charge in [-0.2, -0.15) is 0 Å². The van der Waals surface area contributed by atoms with E-state index in [9.17, 15) is 9.59 Å². The van der Waals surface area contributed by atoms with E-state index >= 15 is 0 Å². The lowest BCUT2D eigenvalue weighted by molar-refractivity contribution is -0.127. The summed E-state index contributed by atoms with van der Waals surface area (Å²) in [5, 5.41) is 2.89. The largest absolute Gasteiger partial charge is 0.496 e. The first-order valence-corrected chi connectivity index (χ1v) is 9.40. The fourth-order valence-electron chi connectivity index (χ4n) is 3.20. The number of fused-ring (bicyclic) bond motifs is 1. The van der Waals surface area contributed by atoms with E-state index in [2.05, 4.69) is 5.32 Å². The average Bonchev–Trinajstić information content (AvgIpc) is 2.78. The molecule has 6 nitrogen and oxygen atoms in total. The molecule has 0 saturated carbocycles. The van der Waals surface area contributed by atoms with Crippen LogP contribution in [0.2, 0.25) is 0 Å². The first-order valence-electron chi connectivity index (χ1n) is 9.40. The maximum Gasteiger partial charge on any atom is 0.259 e. The molecule has 0 atom stereocenters. The van der Waals surface area contributed by atoms with Crippen molar-refractivity contribution in [2.45, 2.75) is 27.2 Å². The number of benzene rings is 2. The number of ether oxygens (including phenoxy) is 2. The van der Waals surface area contributed by atoms with E-state index in [0.717, 1.165) is 6.42 Å². The fourth-order valence-corrected chi connectivity index (χ4v) is 3.20. The van der Waals surface area contributed by atoms with Crippen LogP contribution >= 0.6 is 0 Å². The summed E-state index contributed by atoms with van der Waals surface area (Å²) in [6.45, 7) is 6.69. The van der Waals surface area contributed by atoms with Gasteiger partial charge in [-0.25, -0.2) is 0 Å². The SMILES string of the molecule is CCCN1C(=O)C(C)(C)COc2ccc(NC(=O)c3ccccc3OC)cc21. The highest BCUT2D eigenvalue weighted by Crippen LogP contribution is 2.38. The molecule has 0 saturated heterocycles. The van der Waals surface area contributed by atoms with E-state index in [1.807, 2.05) is 26.8 Å². The summed E-state index contributed by atoms with van der Waals surface area (Å²) < 4.78 is 11.2. The predicted octanol–water partition coefficient (Wildman–Crippen LogP) is 4.11. The lowest BCUT2D eigenvalue weighted by Crippen LogP contribution is -2.42. The van der Waals surface area contributed by atoms with Gasteiger partial charge in [-0.1, -0.05) is 19.1 Å². The Morgan fingerprint density at radius 3 is 2.71 bits per heavy atom. The van der Waals surface area contributed by atoms with Crippen LogP contribution in [0.3, 0.4) is 0 Å². The van der Waals surface area contributed by atoms with Gasteiger partial charge in [-0.3, -0.25) is 9.59 Å². The van der Waals surface area contributed by atoms with Crippen LogP contribution in [0.15, 0.2) is 42.5 Å². The summed E-state index contributed by atoms with van der Waals surface area (Å²) in [4.78, 5) is 27.5. The molecule has 1 N–H and O–H groups in total. The van der Waals surface area contributed by atoms with Gasteiger partial charge in [0.05, 0.1) is 23.8 Å². The number of rotatable bonds is 5. The van der Waals surface area contributed by atoms with Crippen LogP contribution in [0.1, 0.15) is 37.6 Å². The van der Waals surface area contributed by atoms with Crippen molar-refractivity contribution < 1.29 is 19.1 Å². The maximum absolute atomic E-state index is 13.0. The van der Waals surface area contributed by atoms with Gasteiger partial charge in [0.2, 0.25) is 5.91 Å². The highest BCUT2D eigenvalue weighted by molar-refractivity contribution is 6.07.